The van der Waals surface area contributed by atoms with Crippen molar-refractivity contribution in [1.29, 1.82) is 0 Å². The number of aliphatic hydroxyl groups excluding tert-OH is 1. The fourth-order valence-corrected chi connectivity index (χ4v) is 6.74. The Bertz CT molecular complexity index is 863. The van der Waals surface area contributed by atoms with E-state index in [1.54, 1.807) is 12.3 Å². The summed E-state index contributed by atoms with van der Waals surface area (Å²) in [6, 6.07) is 1.76. The summed E-state index contributed by atoms with van der Waals surface area (Å²) in [5.74, 6) is -2.66. The van der Waals surface area contributed by atoms with Crippen LogP contribution in [0.25, 0.3) is 0 Å². The van der Waals surface area contributed by atoms with E-state index in [2.05, 4.69) is 0 Å². The Morgan fingerprint density at radius 2 is 2.00 bits per heavy atom. The first-order valence-electron chi connectivity index (χ1n) is 10.8. The lowest BCUT2D eigenvalue weighted by Crippen LogP contribution is -2.66. The van der Waals surface area contributed by atoms with Crippen LogP contribution in [0.4, 0.5) is 0 Å². The van der Waals surface area contributed by atoms with Gasteiger partial charge in [0.1, 0.15) is 12.2 Å². The number of hydrogen-bond donors (Lipinski definition) is 1. The number of rotatable bonds is 3. The lowest BCUT2D eigenvalue weighted by Gasteiger charge is -2.63. The van der Waals surface area contributed by atoms with Crippen LogP contribution in [0.2, 0.25) is 0 Å². The molecular weight excluding hydrogens is 404 g/mol. The van der Waals surface area contributed by atoms with Crippen LogP contribution in [0.5, 0.6) is 0 Å². The van der Waals surface area contributed by atoms with E-state index in [1.165, 1.54) is 20.3 Å². The second-order valence-electron chi connectivity index (χ2n) is 9.72. The molecule has 1 aromatic heterocycles. The van der Waals surface area contributed by atoms with Gasteiger partial charge in [-0.2, -0.15) is 0 Å². The topological polar surface area (TPSA) is 112 Å². The van der Waals surface area contributed by atoms with Crippen molar-refractivity contribution in [3.8, 4) is 0 Å². The summed E-state index contributed by atoms with van der Waals surface area (Å²) in [6.07, 6.45) is 2.50. The van der Waals surface area contributed by atoms with Crippen molar-refractivity contribution >= 4 is 17.9 Å². The Morgan fingerprint density at radius 1 is 1.26 bits per heavy atom. The molecule has 0 bridgehead atoms. The highest BCUT2D eigenvalue weighted by molar-refractivity contribution is 5.76. The maximum Gasteiger partial charge on any atom is 0.310 e. The minimum atomic E-state index is -1.02. The zero-order chi connectivity index (χ0) is 22.6. The number of methoxy groups -OCH3 is 1. The summed E-state index contributed by atoms with van der Waals surface area (Å²) in [7, 11) is 1.34. The van der Waals surface area contributed by atoms with Crippen LogP contribution >= 0.6 is 0 Å². The van der Waals surface area contributed by atoms with E-state index in [9.17, 15) is 19.5 Å². The normalized spacial score (nSPS) is 42.0. The molecule has 1 unspecified atom stereocenters. The van der Waals surface area contributed by atoms with Crippen LogP contribution in [-0.4, -0.2) is 42.3 Å². The predicted molar refractivity (Wildman–Crippen MR) is 106 cm³/mol. The van der Waals surface area contributed by atoms with E-state index in [0.717, 1.165) is 5.56 Å². The molecule has 0 spiro atoms. The summed E-state index contributed by atoms with van der Waals surface area (Å²) >= 11 is 0. The zero-order valence-electron chi connectivity index (χ0n) is 18.3. The molecule has 1 aliphatic heterocycles. The van der Waals surface area contributed by atoms with Crippen molar-refractivity contribution in [3.05, 3.63) is 24.2 Å². The van der Waals surface area contributed by atoms with Crippen LogP contribution in [0.1, 0.15) is 58.1 Å². The molecule has 8 nitrogen and oxygen atoms in total. The van der Waals surface area contributed by atoms with Crippen molar-refractivity contribution in [2.45, 2.75) is 64.8 Å². The van der Waals surface area contributed by atoms with Crippen LogP contribution in [0, 0.1) is 28.6 Å². The molecule has 170 valence electrons. The van der Waals surface area contributed by atoms with Crippen LogP contribution < -0.4 is 0 Å². The number of fused-ring (bicyclic) bond motifs is 3. The number of aliphatic hydroxyl groups is 1. The van der Waals surface area contributed by atoms with E-state index in [1.807, 2.05) is 13.8 Å². The molecular formula is C23H30O8. The smallest absolute Gasteiger partial charge is 0.310 e. The van der Waals surface area contributed by atoms with Crippen molar-refractivity contribution in [2.24, 2.45) is 28.6 Å². The number of carbonyl (C=O) groups is 3. The molecule has 8 heteroatoms. The summed E-state index contributed by atoms with van der Waals surface area (Å²) in [6.45, 7) is 5.26. The number of furan rings is 1. The second kappa shape index (κ2) is 7.65. The first kappa shape index (κ1) is 21.9. The monoisotopic (exact) mass is 434 g/mol. The van der Waals surface area contributed by atoms with E-state index in [-0.39, 0.29) is 18.4 Å². The van der Waals surface area contributed by atoms with Crippen molar-refractivity contribution < 1.29 is 38.1 Å². The fourth-order valence-electron chi connectivity index (χ4n) is 6.74. The van der Waals surface area contributed by atoms with Gasteiger partial charge in [0.25, 0.3) is 0 Å². The lowest BCUT2D eigenvalue weighted by molar-refractivity contribution is -0.240. The zero-order valence-corrected chi connectivity index (χ0v) is 18.3. The Morgan fingerprint density at radius 3 is 2.61 bits per heavy atom. The van der Waals surface area contributed by atoms with Gasteiger partial charge in [-0.15, -0.1) is 0 Å². The third-order valence-corrected chi connectivity index (χ3v) is 8.06. The third kappa shape index (κ3) is 3.35. The Hall–Kier alpha value is -2.35. The molecule has 0 amide bonds. The molecule has 2 heterocycles. The van der Waals surface area contributed by atoms with Gasteiger partial charge in [-0.1, -0.05) is 13.8 Å². The molecule has 1 N–H and O–H groups in total. The molecule has 1 aromatic rings. The molecule has 8 atom stereocenters. The molecule has 2 aliphatic carbocycles. The summed E-state index contributed by atoms with van der Waals surface area (Å²) < 4.78 is 21.5. The SMILES string of the molecule is COC(=O)[C@@H]1C[C@H](OC(C)=O)[C@H](O)C2[C@@]3(C)C[C@@H](c4ccoc4)OC(=O)[C@H]3CC[C@]21C. The van der Waals surface area contributed by atoms with Crippen LogP contribution in [-0.2, 0) is 28.6 Å². The third-order valence-electron chi connectivity index (χ3n) is 8.06. The highest BCUT2D eigenvalue weighted by atomic mass is 16.6. The van der Waals surface area contributed by atoms with Gasteiger partial charge < -0.3 is 23.7 Å². The Labute approximate surface area is 181 Å². The van der Waals surface area contributed by atoms with Crippen molar-refractivity contribution in [2.75, 3.05) is 7.11 Å². The van der Waals surface area contributed by atoms with Gasteiger partial charge in [-0.3, -0.25) is 14.4 Å². The summed E-state index contributed by atoms with van der Waals surface area (Å²) in [5.41, 5.74) is -0.534. The first-order valence-corrected chi connectivity index (χ1v) is 10.8. The quantitative estimate of drug-likeness (QED) is 0.571. The average Bonchev–Trinajstić information content (AvgIpc) is 3.23. The van der Waals surface area contributed by atoms with E-state index in [4.69, 9.17) is 18.6 Å². The Kier molecular flexibility index (Phi) is 5.40. The summed E-state index contributed by atoms with van der Waals surface area (Å²) in [4.78, 5) is 37.6. The highest BCUT2D eigenvalue weighted by Crippen LogP contribution is 2.66. The fraction of sp³-hybridized carbons (Fsp3) is 0.696. The summed E-state index contributed by atoms with van der Waals surface area (Å²) in [5, 5.41) is 11.5. The first-order chi connectivity index (χ1) is 14.6. The van der Waals surface area contributed by atoms with Gasteiger partial charge in [0.05, 0.1) is 37.6 Å². The van der Waals surface area contributed by atoms with Gasteiger partial charge in [0, 0.05) is 24.8 Å². The number of ether oxygens (including phenoxy) is 3. The largest absolute Gasteiger partial charge is 0.472 e. The van der Waals surface area contributed by atoms with Gasteiger partial charge in [0.15, 0.2) is 0 Å². The Balaban J connectivity index is 1.78. The molecule has 4 rings (SSSR count). The molecule has 0 radical (unpaired) electrons. The van der Waals surface area contributed by atoms with Crippen LogP contribution in [0.3, 0.4) is 0 Å². The van der Waals surface area contributed by atoms with Gasteiger partial charge in [0.2, 0.25) is 0 Å². The number of esters is 3. The minimum absolute atomic E-state index is 0.191. The number of cyclic esters (lactones) is 1. The molecule has 3 fully saturated rings. The predicted octanol–water partition coefficient (Wildman–Crippen LogP) is 2.79. The van der Waals surface area contributed by atoms with Gasteiger partial charge >= 0.3 is 17.9 Å². The molecule has 0 aromatic carbocycles. The van der Waals surface area contributed by atoms with Gasteiger partial charge in [-0.25, -0.2) is 0 Å². The highest BCUT2D eigenvalue weighted by Gasteiger charge is 2.67. The van der Waals surface area contributed by atoms with E-state index >= 15 is 0 Å². The number of hydrogen-bond acceptors (Lipinski definition) is 8. The van der Waals surface area contributed by atoms with E-state index < -0.39 is 52.9 Å². The van der Waals surface area contributed by atoms with Crippen molar-refractivity contribution in [3.63, 3.8) is 0 Å². The van der Waals surface area contributed by atoms with Crippen LogP contribution in [0.15, 0.2) is 23.0 Å². The number of carbonyl (C=O) groups excluding carboxylic acids is 3. The van der Waals surface area contributed by atoms with Crippen molar-refractivity contribution in [1.82, 2.24) is 0 Å². The standard InChI is InChI=1S/C23H30O8/c1-12(24)30-16-9-15(20(26)28-4)22(2)7-5-14-21(27)31-17(13-6-8-29-11-13)10-23(14,3)19(22)18(16)25/h6,8,11,14-19,25H,5,7,9-10H2,1-4H3/t14-,15+,16+,17+,18+,19?,22+,23+/m1/s1. The molecule has 1 saturated heterocycles. The molecule has 31 heavy (non-hydrogen) atoms. The molecule has 2 saturated carbocycles. The second-order valence-corrected chi connectivity index (χ2v) is 9.72. The maximum atomic E-state index is 13.0. The average molecular weight is 434 g/mol. The maximum absolute atomic E-state index is 13.0. The lowest BCUT2D eigenvalue weighted by atomic mass is 9.42. The minimum Gasteiger partial charge on any atom is -0.472 e. The van der Waals surface area contributed by atoms with Gasteiger partial charge in [-0.05, 0) is 36.2 Å². The molecule has 3 aliphatic rings. The van der Waals surface area contributed by atoms with E-state index in [0.29, 0.717) is 19.3 Å².